The molecule has 1 aliphatic rings. The van der Waals surface area contributed by atoms with E-state index in [2.05, 4.69) is 5.32 Å². The number of nitrogens with one attached hydrogen (secondary N) is 1. The molecule has 0 unspecified atom stereocenters. The van der Waals surface area contributed by atoms with E-state index in [9.17, 15) is 13.2 Å². The summed E-state index contributed by atoms with van der Waals surface area (Å²) >= 11 is 0. The van der Waals surface area contributed by atoms with Crippen LogP contribution in [0.1, 0.15) is 24.0 Å². The van der Waals surface area contributed by atoms with Crippen molar-refractivity contribution < 1.29 is 13.2 Å². The van der Waals surface area contributed by atoms with E-state index in [0.717, 1.165) is 25.9 Å². The molecule has 0 amide bonds. The zero-order chi connectivity index (χ0) is 12.3. The van der Waals surface area contributed by atoms with Crippen LogP contribution in [0.15, 0.2) is 24.3 Å². The molecule has 1 nitrogen and oxygen atoms in total. The first-order chi connectivity index (χ1) is 8.07. The van der Waals surface area contributed by atoms with Crippen molar-refractivity contribution in [3.63, 3.8) is 0 Å². The lowest BCUT2D eigenvalue weighted by molar-refractivity contribution is -0.138. The summed E-state index contributed by atoms with van der Waals surface area (Å²) in [5.41, 5.74) is -0.0562. The van der Waals surface area contributed by atoms with Crippen LogP contribution in [0.5, 0.6) is 0 Å². The fourth-order valence-electron chi connectivity index (χ4n) is 2.38. The predicted octanol–water partition coefficient (Wildman–Crippen LogP) is 3.25. The molecule has 1 heterocycles. The molecule has 0 spiro atoms. The fourth-order valence-corrected chi connectivity index (χ4v) is 2.38. The SMILES string of the molecule is FC(F)(F)c1ccccc1C[C@@H]1CCCNC1. The van der Waals surface area contributed by atoms with Gasteiger partial charge in [-0.15, -0.1) is 0 Å². The summed E-state index contributed by atoms with van der Waals surface area (Å²) in [4.78, 5) is 0. The topological polar surface area (TPSA) is 12.0 Å². The van der Waals surface area contributed by atoms with E-state index in [4.69, 9.17) is 0 Å². The molecule has 0 bridgehead atoms. The van der Waals surface area contributed by atoms with E-state index in [-0.39, 0.29) is 0 Å². The van der Waals surface area contributed by atoms with E-state index in [1.165, 1.54) is 12.1 Å². The molecule has 1 fully saturated rings. The van der Waals surface area contributed by atoms with Gasteiger partial charge in [-0.1, -0.05) is 18.2 Å². The highest BCUT2D eigenvalue weighted by Gasteiger charge is 2.33. The molecular weight excluding hydrogens is 227 g/mol. The van der Waals surface area contributed by atoms with Crippen LogP contribution in [0, 0.1) is 5.92 Å². The molecule has 1 aromatic carbocycles. The first kappa shape index (κ1) is 12.4. The van der Waals surface area contributed by atoms with Crippen LogP contribution < -0.4 is 5.32 Å². The third-order valence-electron chi connectivity index (χ3n) is 3.23. The summed E-state index contributed by atoms with van der Waals surface area (Å²) in [7, 11) is 0. The van der Waals surface area contributed by atoms with Crippen LogP contribution in [0.3, 0.4) is 0 Å². The van der Waals surface area contributed by atoms with Crippen molar-refractivity contribution in [2.45, 2.75) is 25.4 Å². The van der Waals surface area contributed by atoms with Crippen LogP contribution >= 0.6 is 0 Å². The predicted molar refractivity (Wildman–Crippen MR) is 60.7 cm³/mol. The van der Waals surface area contributed by atoms with Crippen LogP contribution in [-0.4, -0.2) is 13.1 Å². The maximum absolute atomic E-state index is 12.8. The number of alkyl halides is 3. The zero-order valence-electron chi connectivity index (χ0n) is 9.56. The molecule has 0 aromatic heterocycles. The van der Waals surface area contributed by atoms with Gasteiger partial charge in [-0.25, -0.2) is 0 Å². The highest BCUT2D eigenvalue weighted by atomic mass is 19.4. The zero-order valence-corrected chi connectivity index (χ0v) is 9.56. The van der Waals surface area contributed by atoms with Crippen molar-refractivity contribution in [1.82, 2.24) is 5.32 Å². The maximum Gasteiger partial charge on any atom is 0.416 e. The molecule has 2 rings (SSSR count). The first-order valence-electron chi connectivity index (χ1n) is 5.93. The number of halogens is 3. The number of rotatable bonds is 2. The fraction of sp³-hybridized carbons (Fsp3) is 0.538. The second kappa shape index (κ2) is 5.08. The molecule has 94 valence electrons. The van der Waals surface area contributed by atoms with Crippen molar-refractivity contribution in [2.75, 3.05) is 13.1 Å². The lowest BCUT2D eigenvalue weighted by Crippen LogP contribution is -2.31. The van der Waals surface area contributed by atoms with Crippen molar-refractivity contribution in [3.05, 3.63) is 35.4 Å². The Hall–Kier alpha value is -1.03. The Morgan fingerprint density at radius 2 is 2.00 bits per heavy atom. The van der Waals surface area contributed by atoms with Gasteiger partial charge in [0, 0.05) is 0 Å². The van der Waals surface area contributed by atoms with Gasteiger partial charge in [0.25, 0.3) is 0 Å². The van der Waals surface area contributed by atoms with Crippen molar-refractivity contribution in [1.29, 1.82) is 0 Å². The summed E-state index contributed by atoms with van der Waals surface area (Å²) in [5, 5.41) is 3.23. The van der Waals surface area contributed by atoms with Crippen LogP contribution in [0.4, 0.5) is 13.2 Å². The van der Waals surface area contributed by atoms with Gasteiger partial charge in [0.05, 0.1) is 5.56 Å². The van der Waals surface area contributed by atoms with E-state index in [1.54, 1.807) is 12.1 Å². The molecule has 1 aliphatic heterocycles. The average Bonchev–Trinajstić information content (AvgIpc) is 2.30. The average molecular weight is 243 g/mol. The molecule has 1 atom stereocenters. The summed E-state index contributed by atoms with van der Waals surface area (Å²) < 4.78 is 38.4. The standard InChI is InChI=1S/C13H16F3N/c14-13(15,16)12-6-2-1-5-11(12)8-10-4-3-7-17-9-10/h1-2,5-6,10,17H,3-4,7-9H2/t10-/m0/s1. The molecule has 1 N–H and O–H groups in total. The van der Waals surface area contributed by atoms with Gasteiger partial charge in [0.2, 0.25) is 0 Å². The second-order valence-electron chi connectivity index (χ2n) is 4.57. The number of benzene rings is 1. The monoisotopic (exact) mass is 243 g/mol. The van der Waals surface area contributed by atoms with E-state index in [0.29, 0.717) is 17.9 Å². The molecule has 1 saturated heterocycles. The van der Waals surface area contributed by atoms with Gasteiger partial charge in [-0.05, 0) is 49.9 Å². The Morgan fingerprint density at radius 1 is 1.24 bits per heavy atom. The Labute approximate surface area is 99.0 Å². The summed E-state index contributed by atoms with van der Waals surface area (Å²) in [5.74, 6) is 0.326. The second-order valence-corrected chi connectivity index (χ2v) is 4.57. The van der Waals surface area contributed by atoms with E-state index in [1.807, 2.05) is 0 Å². The molecule has 1 aromatic rings. The molecule has 0 aliphatic carbocycles. The van der Waals surface area contributed by atoms with Crippen molar-refractivity contribution in [2.24, 2.45) is 5.92 Å². The summed E-state index contributed by atoms with van der Waals surface area (Å²) in [6, 6.07) is 5.90. The first-order valence-corrected chi connectivity index (χ1v) is 5.93. The summed E-state index contributed by atoms with van der Waals surface area (Å²) in [6.45, 7) is 1.81. The minimum Gasteiger partial charge on any atom is -0.316 e. The van der Waals surface area contributed by atoms with Gasteiger partial charge < -0.3 is 5.32 Å². The van der Waals surface area contributed by atoms with E-state index >= 15 is 0 Å². The van der Waals surface area contributed by atoms with Crippen LogP contribution in [0.25, 0.3) is 0 Å². The van der Waals surface area contributed by atoms with E-state index < -0.39 is 11.7 Å². The lowest BCUT2D eigenvalue weighted by Gasteiger charge is -2.24. The van der Waals surface area contributed by atoms with Gasteiger partial charge >= 0.3 is 6.18 Å². The normalized spacial score (nSPS) is 21.5. The largest absolute Gasteiger partial charge is 0.416 e. The van der Waals surface area contributed by atoms with Gasteiger partial charge in [0.1, 0.15) is 0 Å². The molecule has 4 heteroatoms. The Balaban J connectivity index is 2.14. The smallest absolute Gasteiger partial charge is 0.316 e. The number of hydrogen-bond acceptors (Lipinski definition) is 1. The Bertz CT molecular complexity index is 367. The molecule has 0 saturated carbocycles. The molecule has 17 heavy (non-hydrogen) atoms. The number of hydrogen-bond donors (Lipinski definition) is 1. The van der Waals surface area contributed by atoms with Crippen molar-refractivity contribution >= 4 is 0 Å². The molecular formula is C13H16F3N. The number of piperidine rings is 1. The van der Waals surface area contributed by atoms with Gasteiger partial charge in [-0.2, -0.15) is 13.2 Å². The minimum absolute atomic E-state index is 0.326. The van der Waals surface area contributed by atoms with Gasteiger partial charge in [-0.3, -0.25) is 0 Å². The van der Waals surface area contributed by atoms with Gasteiger partial charge in [0.15, 0.2) is 0 Å². The summed E-state index contributed by atoms with van der Waals surface area (Å²) in [6.07, 6.45) is -1.65. The highest BCUT2D eigenvalue weighted by molar-refractivity contribution is 5.30. The molecule has 0 radical (unpaired) electrons. The van der Waals surface area contributed by atoms with Crippen LogP contribution in [-0.2, 0) is 12.6 Å². The van der Waals surface area contributed by atoms with Crippen LogP contribution in [0.2, 0.25) is 0 Å². The highest BCUT2D eigenvalue weighted by Crippen LogP contribution is 2.33. The Morgan fingerprint density at radius 3 is 2.65 bits per heavy atom. The lowest BCUT2D eigenvalue weighted by atomic mass is 9.90. The quantitative estimate of drug-likeness (QED) is 0.840. The minimum atomic E-state index is -4.24. The third kappa shape index (κ3) is 3.22. The maximum atomic E-state index is 12.8. The van der Waals surface area contributed by atoms with Crippen molar-refractivity contribution in [3.8, 4) is 0 Å². The third-order valence-corrected chi connectivity index (χ3v) is 3.23. The Kier molecular flexibility index (Phi) is 3.72.